The van der Waals surface area contributed by atoms with Crippen molar-refractivity contribution < 1.29 is 18.0 Å². The van der Waals surface area contributed by atoms with Crippen LogP contribution in [0.2, 0.25) is 5.02 Å². The predicted molar refractivity (Wildman–Crippen MR) is 114 cm³/mol. The highest BCUT2D eigenvalue weighted by Crippen LogP contribution is 2.28. The maximum Gasteiger partial charge on any atom is 0.373 e. The fourth-order valence-corrected chi connectivity index (χ4v) is 3.73. The fourth-order valence-electron chi connectivity index (χ4n) is 2.43. The number of hydrogen-bond acceptors (Lipinski definition) is 5. The number of nitrogens with one attached hydrogen (secondary N) is 1. The fraction of sp³-hybridized carbons (Fsp3) is 0.0952. The van der Waals surface area contributed by atoms with E-state index in [0.29, 0.717) is 10.7 Å². The van der Waals surface area contributed by atoms with Crippen molar-refractivity contribution in [1.82, 2.24) is 0 Å². The lowest BCUT2D eigenvalue weighted by atomic mass is 10.1. The molecule has 3 aromatic rings. The molecule has 6 nitrogen and oxygen atoms in total. The first-order chi connectivity index (χ1) is 13.9. The molecule has 152 valence electrons. The minimum absolute atomic E-state index is 0.208. The molecule has 0 saturated heterocycles. The summed E-state index contributed by atoms with van der Waals surface area (Å²) in [5, 5.41) is 0.631. The predicted octanol–water partition coefficient (Wildman–Crippen LogP) is 4.11. The second-order valence-corrected chi connectivity index (χ2v) is 7.65. The number of nitrogens with two attached hydrogens (primary N) is 1. The Morgan fingerprint density at radius 1 is 0.897 bits per heavy atom. The Hall–Kier alpha value is -2.96. The standard InChI is InChI=1S/C19H16ClNO2S.CH5N.CO2/c1-14-5-4-6-16(13-14)21-24(22,23)17-11-9-15(10-12-17)18-7-2-3-8-19(18)20;1-2;2-1-3/h2-13,21H,1H3;2H2,1H3;. The van der Waals surface area contributed by atoms with Gasteiger partial charge in [0.25, 0.3) is 10.0 Å². The Morgan fingerprint density at radius 3 is 2.03 bits per heavy atom. The van der Waals surface area contributed by atoms with Crippen molar-refractivity contribution >= 4 is 33.5 Å². The van der Waals surface area contributed by atoms with Crippen LogP contribution in [0.5, 0.6) is 0 Å². The molecule has 0 aliphatic rings. The molecule has 0 fully saturated rings. The molecule has 8 heteroatoms. The second-order valence-electron chi connectivity index (χ2n) is 5.56. The molecule has 0 spiro atoms. The lowest BCUT2D eigenvalue weighted by molar-refractivity contribution is -0.191. The summed E-state index contributed by atoms with van der Waals surface area (Å²) in [7, 11) is -2.12. The zero-order valence-electron chi connectivity index (χ0n) is 15.9. The summed E-state index contributed by atoms with van der Waals surface area (Å²) in [5.41, 5.74) is 7.78. The van der Waals surface area contributed by atoms with Gasteiger partial charge < -0.3 is 5.73 Å². The molecule has 3 aromatic carbocycles. The van der Waals surface area contributed by atoms with Crippen molar-refractivity contribution in [2.45, 2.75) is 11.8 Å². The average Bonchev–Trinajstić information content (AvgIpc) is 2.70. The molecule has 0 aromatic heterocycles. The molecular formula is C21H21ClN2O4S. The summed E-state index contributed by atoms with van der Waals surface area (Å²) in [6, 6.07) is 21.4. The minimum Gasteiger partial charge on any atom is -0.333 e. The van der Waals surface area contributed by atoms with Gasteiger partial charge in [-0.1, -0.05) is 54.1 Å². The highest BCUT2D eigenvalue weighted by atomic mass is 35.5. The molecule has 3 N–H and O–H groups in total. The summed E-state index contributed by atoms with van der Waals surface area (Å²) in [6.45, 7) is 1.91. The first-order valence-corrected chi connectivity index (χ1v) is 10.2. The number of aryl methyl sites for hydroxylation is 1. The number of hydrogen-bond donors (Lipinski definition) is 2. The van der Waals surface area contributed by atoms with Crippen LogP contribution < -0.4 is 10.5 Å². The van der Waals surface area contributed by atoms with Gasteiger partial charge in [-0.2, -0.15) is 9.59 Å². The summed E-state index contributed by atoms with van der Waals surface area (Å²) >= 11 is 6.18. The summed E-state index contributed by atoms with van der Waals surface area (Å²) in [6.07, 6.45) is 0.250. The topological polar surface area (TPSA) is 106 Å². The number of sulfonamides is 1. The van der Waals surface area contributed by atoms with Crippen molar-refractivity contribution in [2.75, 3.05) is 11.8 Å². The van der Waals surface area contributed by atoms with Crippen LogP contribution in [0.3, 0.4) is 0 Å². The maximum absolute atomic E-state index is 12.5. The summed E-state index contributed by atoms with van der Waals surface area (Å²) in [4.78, 5) is 16.5. The van der Waals surface area contributed by atoms with Gasteiger partial charge in [-0.3, -0.25) is 4.72 Å². The molecule has 0 unspecified atom stereocenters. The molecule has 0 bridgehead atoms. The molecule has 0 amide bonds. The average molecular weight is 433 g/mol. The summed E-state index contributed by atoms with van der Waals surface area (Å²) < 4.78 is 27.6. The van der Waals surface area contributed by atoms with Gasteiger partial charge >= 0.3 is 6.15 Å². The number of carbonyl (C=O) groups excluding carboxylic acids is 2. The molecule has 0 heterocycles. The van der Waals surface area contributed by atoms with E-state index in [1.165, 1.54) is 7.05 Å². The van der Waals surface area contributed by atoms with E-state index in [9.17, 15) is 8.42 Å². The number of halogens is 1. The van der Waals surface area contributed by atoms with Gasteiger partial charge in [-0.05, 0) is 55.4 Å². The quantitative estimate of drug-likeness (QED) is 0.645. The molecular weight excluding hydrogens is 412 g/mol. The van der Waals surface area contributed by atoms with Crippen molar-refractivity contribution in [3.05, 3.63) is 83.4 Å². The van der Waals surface area contributed by atoms with E-state index >= 15 is 0 Å². The Balaban J connectivity index is 0.000000771. The second kappa shape index (κ2) is 11.8. The van der Waals surface area contributed by atoms with E-state index in [4.69, 9.17) is 21.2 Å². The van der Waals surface area contributed by atoms with Crippen LogP contribution in [-0.4, -0.2) is 21.6 Å². The van der Waals surface area contributed by atoms with E-state index in [1.807, 2.05) is 37.3 Å². The highest BCUT2D eigenvalue weighted by Gasteiger charge is 2.14. The number of rotatable bonds is 4. The van der Waals surface area contributed by atoms with Gasteiger partial charge in [-0.15, -0.1) is 0 Å². The summed E-state index contributed by atoms with van der Waals surface area (Å²) in [5.74, 6) is 0. The van der Waals surface area contributed by atoms with Crippen LogP contribution in [0.4, 0.5) is 5.69 Å². The van der Waals surface area contributed by atoms with E-state index in [2.05, 4.69) is 10.5 Å². The van der Waals surface area contributed by atoms with Gasteiger partial charge in [-0.25, -0.2) is 8.42 Å². The number of anilines is 1. The third-order valence-electron chi connectivity index (χ3n) is 3.62. The van der Waals surface area contributed by atoms with Gasteiger partial charge in [0.1, 0.15) is 0 Å². The first kappa shape index (κ1) is 24.1. The molecule has 29 heavy (non-hydrogen) atoms. The molecule has 3 rings (SSSR count). The van der Waals surface area contributed by atoms with Crippen LogP contribution in [0.25, 0.3) is 11.1 Å². The van der Waals surface area contributed by atoms with Crippen molar-refractivity contribution in [1.29, 1.82) is 0 Å². The van der Waals surface area contributed by atoms with Gasteiger partial charge in [0, 0.05) is 16.3 Å². The Kier molecular flexibility index (Phi) is 9.79. The Bertz CT molecular complexity index is 1060. The first-order valence-electron chi connectivity index (χ1n) is 8.39. The SMILES string of the molecule is CN.Cc1cccc(NS(=O)(=O)c2ccc(-c3ccccc3Cl)cc2)c1.O=C=O. The van der Waals surface area contributed by atoms with E-state index in [1.54, 1.807) is 42.5 Å². The lowest BCUT2D eigenvalue weighted by Gasteiger charge is -2.10. The number of benzene rings is 3. The van der Waals surface area contributed by atoms with Gasteiger partial charge in [0.2, 0.25) is 0 Å². The Labute approximate surface area is 175 Å². The Morgan fingerprint density at radius 2 is 1.48 bits per heavy atom. The van der Waals surface area contributed by atoms with E-state index in [-0.39, 0.29) is 11.0 Å². The largest absolute Gasteiger partial charge is 0.373 e. The maximum atomic E-state index is 12.5. The zero-order valence-corrected chi connectivity index (χ0v) is 17.5. The van der Waals surface area contributed by atoms with Crippen LogP contribution in [0, 0.1) is 6.92 Å². The molecule has 0 atom stereocenters. The third kappa shape index (κ3) is 7.18. The van der Waals surface area contributed by atoms with Crippen LogP contribution in [0.15, 0.2) is 77.7 Å². The van der Waals surface area contributed by atoms with E-state index < -0.39 is 10.0 Å². The highest BCUT2D eigenvalue weighted by molar-refractivity contribution is 7.92. The van der Waals surface area contributed by atoms with Crippen LogP contribution in [0.1, 0.15) is 5.56 Å². The van der Waals surface area contributed by atoms with E-state index in [0.717, 1.165) is 16.7 Å². The third-order valence-corrected chi connectivity index (χ3v) is 5.35. The normalized spacial score (nSPS) is 9.79. The van der Waals surface area contributed by atoms with Crippen LogP contribution in [-0.2, 0) is 19.6 Å². The van der Waals surface area contributed by atoms with Crippen LogP contribution >= 0.6 is 11.6 Å². The molecule has 0 radical (unpaired) electrons. The zero-order chi connectivity index (χ0) is 21.9. The molecule has 0 aliphatic carbocycles. The minimum atomic E-state index is -3.62. The smallest absolute Gasteiger partial charge is 0.333 e. The molecule has 0 aliphatic heterocycles. The molecule has 0 saturated carbocycles. The van der Waals surface area contributed by atoms with Crippen molar-refractivity contribution in [3.8, 4) is 11.1 Å². The lowest BCUT2D eigenvalue weighted by Crippen LogP contribution is -2.12. The van der Waals surface area contributed by atoms with Crippen molar-refractivity contribution in [3.63, 3.8) is 0 Å². The van der Waals surface area contributed by atoms with Gasteiger partial charge in [0.05, 0.1) is 4.90 Å². The van der Waals surface area contributed by atoms with Crippen molar-refractivity contribution in [2.24, 2.45) is 5.73 Å². The van der Waals surface area contributed by atoms with Gasteiger partial charge in [0.15, 0.2) is 0 Å². The monoisotopic (exact) mass is 432 g/mol.